The molecule has 0 bridgehead atoms. The van der Waals surface area contributed by atoms with E-state index >= 15 is 0 Å². The Bertz CT molecular complexity index is 1050. The number of hydrogen-bond donors (Lipinski definition) is 0. The summed E-state index contributed by atoms with van der Waals surface area (Å²) in [6, 6.07) is 7.29. The Morgan fingerprint density at radius 2 is 1.17 bits per heavy atom. The quantitative estimate of drug-likeness (QED) is 0.203. The van der Waals surface area contributed by atoms with Crippen molar-refractivity contribution in [2.45, 2.75) is 52.4 Å². The molecule has 2 aromatic rings. The zero-order chi connectivity index (χ0) is 26.1. The summed E-state index contributed by atoms with van der Waals surface area (Å²) in [6.45, 7) is 5.34. The molecule has 0 N–H and O–H groups in total. The fourth-order valence-corrected chi connectivity index (χ4v) is 4.49. The van der Waals surface area contributed by atoms with E-state index in [1.165, 1.54) is 0 Å². The lowest BCUT2D eigenvalue weighted by Crippen LogP contribution is -2.01. The van der Waals surface area contributed by atoms with Crippen LogP contribution >= 0.6 is 23.2 Å². The first kappa shape index (κ1) is 27.9. The average molecular weight is 533 g/mol. The maximum atomic E-state index is 13.2. The molecule has 2 aromatic carbocycles. The van der Waals surface area contributed by atoms with E-state index in [0.29, 0.717) is 59.1 Å². The van der Waals surface area contributed by atoms with E-state index in [0.717, 1.165) is 48.0 Å². The van der Waals surface area contributed by atoms with Gasteiger partial charge in [0, 0.05) is 11.1 Å². The van der Waals surface area contributed by atoms with Crippen molar-refractivity contribution in [2.24, 2.45) is 0 Å². The molecular weight excluding hydrogens is 499 g/mol. The number of halogens is 2. The maximum absolute atomic E-state index is 13.2. The van der Waals surface area contributed by atoms with E-state index < -0.39 is 0 Å². The van der Waals surface area contributed by atoms with Crippen molar-refractivity contribution in [3.63, 3.8) is 0 Å². The molecular formula is C29H34Cl2O5. The van der Waals surface area contributed by atoms with Gasteiger partial charge in [0.05, 0.1) is 37.5 Å². The van der Waals surface area contributed by atoms with Crippen molar-refractivity contribution >= 4 is 41.1 Å². The maximum Gasteiger partial charge on any atom is 0.185 e. The normalized spacial score (nSPS) is 15.6. The predicted octanol–water partition coefficient (Wildman–Crippen LogP) is 8.20. The van der Waals surface area contributed by atoms with Crippen LogP contribution < -0.4 is 18.9 Å². The number of rotatable bonds is 12. The standard InChI is InChI=1S/C29H34Cl2O5/c1-5-7-11-35-28-23(30)15-19(17-25(28)33-3)13-21-9-10-22(27(21)32)14-20-16-24(31)29(26(18-20)34-4)36-12-8-6-2/h13-18H,5-12H2,1-4H3/b21-13+,22-14+. The van der Waals surface area contributed by atoms with Gasteiger partial charge in [-0.3, -0.25) is 4.79 Å². The molecule has 1 aliphatic rings. The second-order valence-corrected chi connectivity index (χ2v) is 9.45. The molecule has 194 valence electrons. The minimum absolute atomic E-state index is 0.00623. The predicted molar refractivity (Wildman–Crippen MR) is 147 cm³/mol. The van der Waals surface area contributed by atoms with E-state index in [1.807, 2.05) is 24.3 Å². The lowest BCUT2D eigenvalue weighted by Gasteiger charge is -2.13. The Kier molecular flexibility index (Phi) is 10.6. The van der Waals surface area contributed by atoms with Crippen LogP contribution in [0.4, 0.5) is 0 Å². The molecule has 0 aromatic heterocycles. The van der Waals surface area contributed by atoms with Crippen molar-refractivity contribution in [1.82, 2.24) is 0 Å². The number of carbonyl (C=O) groups excluding carboxylic acids is 1. The summed E-state index contributed by atoms with van der Waals surface area (Å²) < 4.78 is 22.6. The smallest absolute Gasteiger partial charge is 0.185 e. The highest BCUT2D eigenvalue weighted by Gasteiger charge is 2.24. The first-order chi connectivity index (χ1) is 17.4. The van der Waals surface area contributed by atoms with Gasteiger partial charge in [0.2, 0.25) is 0 Å². The van der Waals surface area contributed by atoms with Gasteiger partial charge in [-0.1, -0.05) is 49.9 Å². The number of ketones is 1. The van der Waals surface area contributed by atoms with Gasteiger partial charge in [0.1, 0.15) is 0 Å². The molecule has 7 heteroatoms. The molecule has 0 saturated heterocycles. The first-order valence-electron chi connectivity index (χ1n) is 12.4. The molecule has 1 aliphatic carbocycles. The van der Waals surface area contributed by atoms with E-state index in [2.05, 4.69) is 13.8 Å². The number of methoxy groups -OCH3 is 2. The largest absolute Gasteiger partial charge is 0.493 e. The van der Waals surface area contributed by atoms with Gasteiger partial charge in [-0.05, 0) is 73.2 Å². The van der Waals surface area contributed by atoms with Crippen LogP contribution in [0.3, 0.4) is 0 Å². The van der Waals surface area contributed by atoms with Crippen molar-refractivity contribution in [3.8, 4) is 23.0 Å². The van der Waals surface area contributed by atoms with E-state index in [-0.39, 0.29) is 5.78 Å². The Morgan fingerprint density at radius 3 is 1.53 bits per heavy atom. The number of benzene rings is 2. The van der Waals surface area contributed by atoms with Crippen molar-refractivity contribution in [2.75, 3.05) is 27.4 Å². The average Bonchev–Trinajstić information content (AvgIpc) is 3.19. The molecule has 0 amide bonds. The highest BCUT2D eigenvalue weighted by atomic mass is 35.5. The summed E-state index contributed by atoms with van der Waals surface area (Å²) in [5.41, 5.74) is 3.03. The van der Waals surface area contributed by atoms with E-state index in [4.69, 9.17) is 42.1 Å². The number of unbranched alkanes of at least 4 members (excludes halogenated alkanes) is 2. The number of carbonyl (C=O) groups is 1. The molecule has 0 unspecified atom stereocenters. The molecule has 0 aliphatic heterocycles. The van der Waals surface area contributed by atoms with E-state index in [9.17, 15) is 4.79 Å². The van der Waals surface area contributed by atoms with Crippen LogP contribution in [-0.4, -0.2) is 33.2 Å². The topological polar surface area (TPSA) is 54.0 Å². The SMILES string of the molecule is CCCCOc1c(Cl)cc(/C=C2\CC/C(=C\c3cc(Cl)c(OCCCC)c(OC)c3)C2=O)cc1OC. The van der Waals surface area contributed by atoms with Gasteiger partial charge in [0.15, 0.2) is 28.8 Å². The van der Waals surface area contributed by atoms with Crippen LogP contribution in [0.25, 0.3) is 12.2 Å². The molecule has 3 rings (SSSR count). The Hall–Kier alpha value is -2.63. The zero-order valence-corrected chi connectivity index (χ0v) is 22.9. The number of ether oxygens (including phenoxy) is 4. The first-order valence-corrected chi connectivity index (χ1v) is 13.1. The summed E-state index contributed by atoms with van der Waals surface area (Å²) in [7, 11) is 3.16. The fourth-order valence-electron chi connectivity index (χ4n) is 3.94. The summed E-state index contributed by atoms with van der Waals surface area (Å²) in [5.74, 6) is 2.16. The summed E-state index contributed by atoms with van der Waals surface area (Å²) in [6.07, 6.45) is 8.93. The Labute approximate surface area is 224 Å². The van der Waals surface area contributed by atoms with Crippen LogP contribution in [0.1, 0.15) is 63.5 Å². The minimum atomic E-state index is 0.00623. The summed E-state index contributed by atoms with van der Waals surface area (Å²) in [5, 5.41) is 0.919. The zero-order valence-electron chi connectivity index (χ0n) is 21.4. The van der Waals surface area contributed by atoms with Crippen molar-refractivity contribution in [3.05, 3.63) is 56.6 Å². The van der Waals surface area contributed by atoms with Crippen LogP contribution in [0.5, 0.6) is 23.0 Å². The summed E-state index contributed by atoms with van der Waals surface area (Å²) in [4.78, 5) is 13.2. The third kappa shape index (κ3) is 6.98. The number of hydrogen-bond acceptors (Lipinski definition) is 5. The van der Waals surface area contributed by atoms with E-state index in [1.54, 1.807) is 26.4 Å². The van der Waals surface area contributed by atoms with Gasteiger partial charge >= 0.3 is 0 Å². The van der Waals surface area contributed by atoms with Gasteiger partial charge in [-0.2, -0.15) is 0 Å². The van der Waals surface area contributed by atoms with Crippen LogP contribution in [-0.2, 0) is 4.79 Å². The third-order valence-electron chi connectivity index (χ3n) is 5.92. The second kappa shape index (κ2) is 13.6. The van der Waals surface area contributed by atoms with Gasteiger partial charge in [-0.25, -0.2) is 0 Å². The second-order valence-electron chi connectivity index (χ2n) is 8.64. The molecule has 1 fully saturated rings. The van der Waals surface area contributed by atoms with Crippen LogP contribution in [0, 0.1) is 0 Å². The highest BCUT2D eigenvalue weighted by molar-refractivity contribution is 6.33. The molecule has 0 radical (unpaired) electrons. The monoisotopic (exact) mass is 532 g/mol. The third-order valence-corrected chi connectivity index (χ3v) is 6.48. The molecule has 0 atom stereocenters. The van der Waals surface area contributed by atoms with Crippen molar-refractivity contribution < 1.29 is 23.7 Å². The molecule has 5 nitrogen and oxygen atoms in total. The lowest BCUT2D eigenvalue weighted by molar-refractivity contribution is -0.111. The lowest BCUT2D eigenvalue weighted by atomic mass is 10.1. The summed E-state index contributed by atoms with van der Waals surface area (Å²) >= 11 is 13.0. The molecule has 36 heavy (non-hydrogen) atoms. The Balaban J connectivity index is 1.82. The van der Waals surface area contributed by atoms with Gasteiger partial charge in [0.25, 0.3) is 0 Å². The Morgan fingerprint density at radius 1 is 0.750 bits per heavy atom. The fraction of sp³-hybridized carbons (Fsp3) is 0.414. The van der Waals surface area contributed by atoms with Crippen LogP contribution in [0.15, 0.2) is 35.4 Å². The van der Waals surface area contributed by atoms with Gasteiger partial charge < -0.3 is 18.9 Å². The highest BCUT2D eigenvalue weighted by Crippen LogP contribution is 2.40. The van der Waals surface area contributed by atoms with Crippen LogP contribution in [0.2, 0.25) is 10.0 Å². The van der Waals surface area contributed by atoms with Gasteiger partial charge in [-0.15, -0.1) is 0 Å². The van der Waals surface area contributed by atoms with Crippen molar-refractivity contribution in [1.29, 1.82) is 0 Å². The molecule has 0 spiro atoms. The molecule has 1 saturated carbocycles. The molecule has 0 heterocycles. The number of allylic oxidation sites excluding steroid dienone is 2. The minimum Gasteiger partial charge on any atom is -0.493 e. The number of Topliss-reactive ketones (excluding diaryl/α,β-unsaturated/α-hetero) is 1.